The number of Topliss-reactive ketones (excluding diaryl/α,β-unsaturated/α-hetero) is 1. The Morgan fingerprint density at radius 2 is 2.00 bits per heavy atom. The fourth-order valence-electron chi connectivity index (χ4n) is 2.37. The largest absolute Gasteiger partial charge is 0.369 e. The molecule has 0 saturated heterocycles. The van der Waals surface area contributed by atoms with Crippen molar-refractivity contribution in [1.82, 2.24) is 0 Å². The maximum Gasteiger partial charge on any atom is 0.299 e. The van der Waals surface area contributed by atoms with Crippen LogP contribution in [0, 0.1) is 0 Å². The number of hydrogen-bond donors (Lipinski definition) is 0. The van der Waals surface area contributed by atoms with Gasteiger partial charge in [-0.25, -0.2) is 0 Å². The van der Waals surface area contributed by atoms with E-state index in [4.69, 9.17) is 11.6 Å². The van der Waals surface area contributed by atoms with E-state index in [1.165, 1.54) is 4.90 Å². The summed E-state index contributed by atoms with van der Waals surface area (Å²) in [6.45, 7) is 0.724. The summed E-state index contributed by atoms with van der Waals surface area (Å²) in [5.41, 5.74) is 2.09. The SMILES string of the molecule is CN(Cc1ccc(Cl)s1)c1ccc2c(c1)N(C)C(=O)C2=O. The van der Waals surface area contributed by atoms with Crippen LogP contribution in [0.4, 0.5) is 11.4 Å². The molecule has 1 aliphatic heterocycles. The van der Waals surface area contributed by atoms with Crippen molar-refractivity contribution in [3.05, 3.63) is 45.1 Å². The molecular formula is C15H13ClN2O2S. The highest BCUT2D eigenvalue weighted by atomic mass is 35.5. The van der Waals surface area contributed by atoms with E-state index in [2.05, 4.69) is 4.90 Å². The minimum absolute atomic E-state index is 0.438. The molecule has 2 aromatic rings. The fourth-order valence-corrected chi connectivity index (χ4v) is 3.51. The average Bonchev–Trinajstić information content (AvgIpc) is 2.97. The van der Waals surface area contributed by atoms with Crippen LogP contribution in [0.15, 0.2) is 30.3 Å². The molecule has 6 heteroatoms. The van der Waals surface area contributed by atoms with E-state index in [0.717, 1.165) is 21.4 Å². The number of rotatable bonds is 3. The Morgan fingerprint density at radius 1 is 1.24 bits per heavy atom. The van der Waals surface area contributed by atoms with Gasteiger partial charge in [-0.05, 0) is 30.3 Å². The van der Waals surface area contributed by atoms with Gasteiger partial charge in [0.25, 0.3) is 11.7 Å². The fraction of sp³-hybridized carbons (Fsp3) is 0.200. The molecule has 1 aliphatic rings. The van der Waals surface area contributed by atoms with Crippen molar-refractivity contribution in [2.45, 2.75) is 6.54 Å². The Kier molecular flexibility index (Phi) is 3.47. The van der Waals surface area contributed by atoms with Gasteiger partial charge in [0, 0.05) is 24.7 Å². The van der Waals surface area contributed by atoms with Crippen molar-refractivity contribution < 1.29 is 9.59 Å². The molecule has 0 bridgehead atoms. The number of benzene rings is 1. The lowest BCUT2D eigenvalue weighted by Gasteiger charge is -2.20. The van der Waals surface area contributed by atoms with E-state index in [-0.39, 0.29) is 0 Å². The lowest BCUT2D eigenvalue weighted by Crippen LogP contribution is -2.24. The summed E-state index contributed by atoms with van der Waals surface area (Å²) in [6, 6.07) is 9.32. The van der Waals surface area contributed by atoms with Crippen molar-refractivity contribution in [2.24, 2.45) is 0 Å². The normalized spacial score (nSPS) is 13.8. The molecule has 0 aliphatic carbocycles. The monoisotopic (exact) mass is 320 g/mol. The van der Waals surface area contributed by atoms with Crippen LogP contribution in [0.5, 0.6) is 0 Å². The van der Waals surface area contributed by atoms with E-state index in [9.17, 15) is 9.59 Å². The van der Waals surface area contributed by atoms with Crippen LogP contribution in [0.2, 0.25) is 4.34 Å². The third-order valence-corrected chi connectivity index (χ3v) is 4.76. The Hall–Kier alpha value is -1.85. The summed E-state index contributed by atoms with van der Waals surface area (Å²) in [7, 11) is 3.59. The van der Waals surface area contributed by atoms with Crippen LogP contribution in [-0.2, 0) is 11.3 Å². The first-order valence-corrected chi connectivity index (χ1v) is 7.58. The molecule has 3 rings (SSSR count). The molecule has 0 saturated carbocycles. The Labute approximate surface area is 131 Å². The highest BCUT2D eigenvalue weighted by molar-refractivity contribution is 7.16. The van der Waals surface area contributed by atoms with Crippen LogP contribution in [0.3, 0.4) is 0 Å². The van der Waals surface area contributed by atoms with Gasteiger partial charge in [-0.2, -0.15) is 0 Å². The predicted molar refractivity (Wildman–Crippen MR) is 85.6 cm³/mol. The molecule has 0 atom stereocenters. The minimum atomic E-state index is -0.477. The summed E-state index contributed by atoms with van der Waals surface area (Å²) in [5, 5.41) is 0. The zero-order valence-corrected chi connectivity index (χ0v) is 13.2. The summed E-state index contributed by atoms with van der Waals surface area (Å²) >= 11 is 7.48. The number of fused-ring (bicyclic) bond motifs is 1. The zero-order valence-electron chi connectivity index (χ0n) is 11.6. The molecule has 0 radical (unpaired) electrons. The minimum Gasteiger partial charge on any atom is -0.369 e. The number of halogens is 1. The van der Waals surface area contributed by atoms with E-state index in [1.54, 1.807) is 24.5 Å². The average molecular weight is 321 g/mol. The standard InChI is InChI=1S/C15H13ClN2O2S/c1-17(8-10-4-6-13(16)21-10)9-3-5-11-12(7-9)18(2)15(20)14(11)19/h3-7H,8H2,1-2H3. The first-order valence-electron chi connectivity index (χ1n) is 6.39. The van der Waals surface area contributed by atoms with Gasteiger partial charge < -0.3 is 9.80 Å². The number of carbonyl (C=O) groups is 2. The van der Waals surface area contributed by atoms with Crippen molar-refractivity contribution in [3.8, 4) is 0 Å². The van der Waals surface area contributed by atoms with E-state index in [0.29, 0.717) is 11.3 Å². The summed E-state index contributed by atoms with van der Waals surface area (Å²) in [4.78, 5) is 28.1. The van der Waals surface area contributed by atoms with E-state index >= 15 is 0 Å². The second-order valence-electron chi connectivity index (χ2n) is 4.96. The highest BCUT2D eigenvalue weighted by Crippen LogP contribution is 2.32. The number of carbonyl (C=O) groups excluding carboxylic acids is 2. The first kappa shape index (κ1) is 14.1. The Bertz CT molecular complexity index is 741. The number of likely N-dealkylation sites (N-methyl/N-ethyl adjacent to an activating group) is 1. The molecule has 0 unspecified atom stereocenters. The molecule has 1 aromatic carbocycles. The van der Waals surface area contributed by atoms with Gasteiger partial charge in [0.05, 0.1) is 22.1 Å². The van der Waals surface area contributed by atoms with Crippen LogP contribution >= 0.6 is 22.9 Å². The molecule has 0 fully saturated rings. The van der Waals surface area contributed by atoms with Gasteiger partial charge in [-0.3, -0.25) is 9.59 Å². The van der Waals surface area contributed by atoms with Crippen LogP contribution < -0.4 is 9.80 Å². The third-order valence-electron chi connectivity index (χ3n) is 3.55. The molecule has 1 aromatic heterocycles. The highest BCUT2D eigenvalue weighted by Gasteiger charge is 2.33. The maximum absolute atomic E-state index is 11.8. The lowest BCUT2D eigenvalue weighted by atomic mass is 10.1. The zero-order chi connectivity index (χ0) is 15.1. The molecule has 2 heterocycles. The van der Waals surface area contributed by atoms with Gasteiger partial charge in [0.2, 0.25) is 0 Å². The van der Waals surface area contributed by atoms with E-state index in [1.807, 2.05) is 31.3 Å². The van der Waals surface area contributed by atoms with Gasteiger partial charge in [-0.15, -0.1) is 11.3 Å². The lowest BCUT2D eigenvalue weighted by molar-refractivity contribution is -0.114. The second kappa shape index (κ2) is 5.16. The molecule has 21 heavy (non-hydrogen) atoms. The van der Waals surface area contributed by atoms with Gasteiger partial charge in [0.15, 0.2) is 0 Å². The molecule has 0 N–H and O–H groups in total. The van der Waals surface area contributed by atoms with Crippen molar-refractivity contribution in [1.29, 1.82) is 0 Å². The number of ketones is 1. The topological polar surface area (TPSA) is 40.6 Å². The summed E-state index contributed by atoms with van der Waals surface area (Å²) in [6.07, 6.45) is 0. The molecule has 108 valence electrons. The molecule has 0 spiro atoms. The number of amides is 1. The van der Waals surface area contributed by atoms with Gasteiger partial charge >= 0.3 is 0 Å². The van der Waals surface area contributed by atoms with Crippen molar-refractivity contribution in [3.63, 3.8) is 0 Å². The van der Waals surface area contributed by atoms with Crippen LogP contribution in [0.1, 0.15) is 15.2 Å². The number of nitrogens with zero attached hydrogens (tertiary/aromatic N) is 2. The number of thiophene rings is 1. The summed E-state index contributed by atoms with van der Waals surface area (Å²) < 4.78 is 0.767. The Morgan fingerprint density at radius 3 is 2.67 bits per heavy atom. The summed E-state index contributed by atoms with van der Waals surface area (Å²) in [5.74, 6) is -0.915. The smallest absolute Gasteiger partial charge is 0.299 e. The third kappa shape index (κ3) is 2.43. The Balaban J connectivity index is 1.87. The first-order chi connectivity index (χ1) is 9.97. The van der Waals surface area contributed by atoms with Gasteiger partial charge in [-0.1, -0.05) is 11.6 Å². The van der Waals surface area contributed by atoms with Gasteiger partial charge in [0.1, 0.15) is 0 Å². The number of anilines is 2. The second-order valence-corrected chi connectivity index (χ2v) is 6.76. The quantitative estimate of drug-likeness (QED) is 0.815. The maximum atomic E-state index is 11.8. The van der Waals surface area contributed by atoms with E-state index < -0.39 is 11.7 Å². The molecule has 4 nitrogen and oxygen atoms in total. The molecule has 1 amide bonds. The van der Waals surface area contributed by atoms with Crippen LogP contribution in [0.25, 0.3) is 0 Å². The number of hydrogen-bond acceptors (Lipinski definition) is 4. The van der Waals surface area contributed by atoms with Crippen LogP contribution in [-0.4, -0.2) is 25.8 Å². The predicted octanol–water partition coefficient (Wildman–Crippen LogP) is 3.20. The van der Waals surface area contributed by atoms with Crippen molar-refractivity contribution >= 4 is 46.0 Å². The molecular weight excluding hydrogens is 308 g/mol. The van der Waals surface area contributed by atoms with Crippen molar-refractivity contribution in [2.75, 3.05) is 23.9 Å².